The van der Waals surface area contributed by atoms with Gasteiger partial charge in [-0.15, -0.1) is 0 Å². The lowest BCUT2D eigenvalue weighted by molar-refractivity contribution is 0.224. The predicted molar refractivity (Wildman–Crippen MR) is 88.7 cm³/mol. The van der Waals surface area contributed by atoms with Crippen molar-refractivity contribution in [2.24, 2.45) is 0 Å². The van der Waals surface area contributed by atoms with Crippen molar-refractivity contribution in [2.75, 3.05) is 37.0 Å². The fraction of sp³-hybridized carbons (Fsp3) is 0.400. The zero-order valence-corrected chi connectivity index (χ0v) is 14.2. The van der Waals surface area contributed by atoms with E-state index >= 15 is 0 Å². The van der Waals surface area contributed by atoms with E-state index in [1.165, 1.54) is 10.5 Å². The van der Waals surface area contributed by atoms with E-state index in [1.54, 1.807) is 17.8 Å². The van der Waals surface area contributed by atoms with Gasteiger partial charge in [0, 0.05) is 34.1 Å². The maximum atomic E-state index is 13.0. The number of sulfonamides is 1. The lowest BCUT2D eigenvalue weighted by Gasteiger charge is -2.25. The van der Waals surface area contributed by atoms with Crippen molar-refractivity contribution in [3.8, 4) is 5.88 Å². The Kier molecular flexibility index (Phi) is 3.93. The number of benzene rings is 1. The maximum absolute atomic E-state index is 13.0. The van der Waals surface area contributed by atoms with Gasteiger partial charge in [-0.05, 0) is 12.1 Å². The highest BCUT2D eigenvalue weighted by Gasteiger charge is 2.31. The molecular weight excluding hydrogens is 316 g/mol. The van der Waals surface area contributed by atoms with E-state index in [0.29, 0.717) is 24.7 Å². The molecule has 23 heavy (non-hydrogen) atoms. The van der Waals surface area contributed by atoms with Crippen LogP contribution in [0.5, 0.6) is 5.88 Å². The zero-order chi connectivity index (χ0) is 16.6. The molecule has 124 valence electrons. The van der Waals surface area contributed by atoms with Gasteiger partial charge in [0.15, 0.2) is 4.90 Å². The SMILES string of the molecule is CN(C)c1ccccc1N(C)S(=O)(=O)c1cnn2c1OCCC2. The van der Waals surface area contributed by atoms with Gasteiger partial charge in [0.2, 0.25) is 5.88 Å². The summed E-state index contributed by atoms with van der Waals surface area (Å²) in [4.78, 5) is 1.99. The Hall–Kier alpha value is -2.22. The molecule has 0 unspecified atom stereocenters. The first-order chi connectivity index (χ1) is 10.9. The summed E-state index contributed by atoms with van der Waals surface area (Å²) in [6.07, 6.45) is 2.19. The Labute approximate surface area is 136 Å². The van der Waals surface area contributed by atoms with Crippen molar-refractivity contribution >= 4 is 21.4 Å². The molecule has 0 spiro atoms. The van der Waals surface area contributed by atoms with E-state index in [-0.39, 0.29) is 4.90 Å². The average Bonchev–Trinajstić information content (AvgIpc) is 2.98. The molecule has 0 bridgehead atoms. The Morgan fingerprint density at radius 2 is 1.87 bits per heavy atom. The molecule has 0 saturated carbocycles. The molecule has 3 rings (SSSR count). The van der Waals surface area contributed by atoms with Crippen LogP contribution < -0.4 is 13.9 Å². The van der Waals surface area contributed by atoms with Gasteiger partial charge in [-0.25, -0.2) is 13.1 Å². The number of hydrogen-bond acceptors (Lipinski definition) is 5. The van der Waals surface area contributed by atoms with E-state index < -0.39 is 10.0 Å². The smallest absolute Gasteiger partial charge is 0.271 e. The summed E-state index contributed by atoms with van der Waals surface area (Å²) < 4.78 is 34.4. The number of ether oxygens (including phenoxy) is 1. The van der Waals surface area contributed by atoms with Gasteiger partial charge in [0.1, 0.15) is 0 Å². The van der Waals surface area contributed by atoms with Gasteiger partial charge in [0.25, 0.3) is 10.0 Å². The van der Waals surface area contributed by atoms with Crippen molar-refractivity contribution in [3.63, 3.8) is 0 Å². The summed E-state index contributed by atoms with van der Waals surface area (Å²) in [6, 6.07) is 7.36. The highest BCUT2D eigenvalue weighted by Crippen LogP contribution is 2.34. The molecule has 1 aromatic heterocycles. The Morgan fingerprint density at radius 1 is 1.17 bits per heavy atom. The summed E-state index contributed by atoms with van der Waals surface area (Å²) in [5.74, 6) is 0.324. The van der Waals surface area contributed by atoms with Crippen molar-refractivity contribution in [1.82, 2.24) is 9.78 Å². The van der Waals surface area contributed by atoms with E-state index in [2.05, 4.69) is 5.10 Å². The zero-order valence-electron chi connectivity index (χ0n) is 13.4. The molecule has 7 nitrogen and oxygen atoms in total. The van der Waals surface area contributed by atoms with Crippen molar-refractivity contribution in [3.05, 3.63) is 30.5 Å². The molecule has 0 saturated heterocycles. The quantitative estimate of drug-likeness (QED) is 0.847. The summed E-state index contributed by atoms with van der Waals surface area (Å²) in [5.41, 5.74) is 1.42. The molecule has 1 aliphatic rings. The molecule has 0 fully saturated rings. The van der Waals surface area contributed by atoms with E-state index in [4.69, 9.17) is 4.74 Å². The predicted octanol–water partition coefficient (Wildman–Crippen LogP) is 1.56. The number of aromatic nitrogens is 2. The maximum Gasteiger partial charge on any atom is 0.271 e. The second kappa shape index (κ2) is 5.77. The minimum Gasteiger partial charge on any atom is -0.477 e. The first kappa shape index (κ1) is 15.7. The monoisotopic (exact) mass is 336 g/mol. The lowest BCUT2D eigenvalue weighted by Crippen LogP contribution is -2.29. The third-order valence-corrected chi connectivity index (χ3v) is 5.61. The first-order valence-electron chi connectivity index (χ1n) is 7.37. The van der Waals surface area contributed by atoms with Crippen LogP contribution in [0, 0.1) is 0 Å². The van der Waals surface area contributed by atoms with Crippen LogP contribution in [0.3, 0.4) is 0 Å². The van der Waals surface area contributed by atoms with Gasteiger partial charge in [0.05, 0.1) is 24.2 Å². The van der Waals surface area contributed by atoms with Crippen molar-refractivity contribution in [2.45, 2.75) is 17.9 Å². The molecule has 8 heteroatoms. The third kappa shape index (κ3) is 2.63. The van der Waals surface area contributed by atoms with Crippen LogP contribution in [0.4, 0.5) is 11.4 Å². The topological polar surface area (TPSA) is 67.7 Å². The number of nitrogens with zero attached hydrogens (tertiary/aromatic N) is 4. The number of anilines is 2. The van der Waals surface area contributed by atoms with Gasteiger partial charge in [-0.2, -0.15) is 5.10 Å². The van der Waals surface area contributed by atoms with Crippen LogP contribution in [-0.2, 0) is 16.6 Å². The Balaban J connectivity index is 2.05. The normalized spacial score (nSPS) is 14.0. The van der Waals surface area contributed by atoms with Gasteiger partial charge in [-0.1, -0.05) is 12.1 Å². The van der Waals surface area contributed by atoms with Crippen LogP contribution in [0.1, 0.15) is 6.42 Å². The van der Waals surface area contributed by atoms with Crippen molar-refractivity contribution < 1.29 is 13.2 Å². The summed E-state index contributed by atoms with van der Waals surface area (Å²) in [6.45, 7) is 1.18. The number of aryl methyl sites for hydroxylation is 1. The van der Waals surface area contributed by atoms with Crippen LogP contribution in [-0.4, -0.2) is 45.9 Å². The lowest BCUT2D eigenvalue weighted by atomic mass is 10.2. The van der Waals surface area contributed by atoms with E-state index in [9.17, 15) is 8.42 Å². The fourth-order valence-corrected chi connectivity index (χ4v) is 3.88. The molecular formula is C15H20N4O3S. The van der Waals surface area contributed by atoms with Crippen molar-refractivity contribution in [1.29, 1.82) is 0 Å². The molecule has 1 aromatic carbocycles. The van der Waals surface area contributed by atoms with Gasteiger partial charge in [-0.3, -0.25) is 4.31 Å². The first-order valence-corrected chi connectivity index (χ1v) is 8.81. The second-order valence-electron chi connectivity index (χ2n) is 5.59. The van der Waals surface area contributed by atoms with Gasteiger partial charge >= 0.3 is 0 Å². The Bertz CT molecular complexity index is 814. The number of fused-ring (bicyclic) bond motifs is 1. The highest BCUT2D eigenvalue weighted by molar-refractivity contribution is 7.93. The van der Waals surface area contributed by atoms with E-state index in [1.807, 2.05) is 37.2 Å². The minimum absolute atomic E-state index is 0.105. The molecule has 2 aromatic rings. The molecule has 0 radical (unpaired) electrons. The summed E-state index contributed by atoms with van der Waals surface area (Å²) in [5, 5.41) is 4.13. The third-order valence-electron chi connectivity index (χ3n) is 3.85. The number of para-hydroxylation sites is 2. The summed E-state index contributed by atoms with van der Waals surface area (Å²) >= 11 is 0. The second-order valence-corrected chi connectivity index (χ2v) is 7.53. The van der Waals surface area contributed by atoms with E-state index in [0.717, 1.165) is 12.1 Å². The average molecular weight is 336 g/mol. The molecule has 1 aliphatic heterocycles. The van der Waals surface area contributed by atoms with Crippen LogP contribution in [0.25, 0.3) is 0 Å². The highest BCUT2D eigenvalue weighted by atomic mass is 32.2. The molecule has 0 amide bonds. The molecule has 0 N–H and O–H groups in total. The molecule has 2 heterocycles. The molecule has 0 aliphatic carbocycles. The number of rotatable bonds is 4. The Morgan fingerprint density at radius 3 is 2.57 bits per heavy atom. The minimum atomic E-state index is -3.75. The van der Waals surface area contributed by atoms with Crippen LogP contribution >= 0.6 is 0 Å². The number of hydrogen-bond donors (Lipinski definition) is 0. The fourth-order valence-electron chi connectivity index (χ4n) is 2.61. The summed E-state index contributed by atoms with van der Waals surface area (Å²) in [7, 11) is 1.56. The van der Waals surface area contributed by atoms with Crippen LogP contribution in [0.2, 0.25) is 0 Å². The standard InChI is InChI=1S/C15H20N4O3S/c1-17(2)12-7-4-5-8-13(12)18(3)23(20,21)14-11-16-19-9-6-10-22-15(14)19/h4-5,7-8,11H,6,9-10H2,1-3H3. The van der Waals surface area contributed by atoms with Gasteiger partial charge < -0.3 is 9.64 Å². The largest absolute Gasteiger partial charge is 0.477 e. The molecule has 0 atom stereocenters. The van der Waals surface area contributed by atoms with Crippen LogP contribution in [0.15, 0.2) is 35.4 Å².